The predicted octanol–water partition coefficient (Wildman–Crippen LogP) is 2.03. The summed E-state index contributed by atoms with van der Waals surface area (Å²) in [5.74, 6) is 0. The minimum absolute atomic E-state index is 0.0833. The normalized spacial score (nSPS) is 12.9. The van der Waals surface area contributed by atoms with Gasteiger partial charge in [0.15, 0.2) is 0 Å². The summed E-state index contributed by atoms with van der Waals surface area (Å²) in [4.78, 5) is 5.30. The van der Waals surface area contributed by atoms with Crippen LogP contribution in [-0.4, -0.2) is 4.98 Å². The Morgan fingerprint density at radius 1 is 1.91 bits per heavy atom. The van der Waals surface area contributed by atoms with Crippen LogP contribution in [0.1, 0.15) is 23.0 Å². The van der Waals surface area contributed by atoms with Crippen molar-refractivity contribution >= 4 is 11.3 Å². The molecule has 2 nitrogen and oxygen atoms in total. The van der Waals surface area contributed by atoms with Crippen LogP contribution in [0, 0.1) is 6.92 Å². The van der Waals surface area contributed by atoms with E-state index in [9.17, 15) is 0 Å². The van der Waals surface area contributed by atoms with Crippen molar-refractivity contribution in [2.45, 2.75) is 19.4 Å². The average molecular weight is 168 g/mol. The summed E-state index contributed by atoms with van der Waals surface area (Å²) in [6, 6.07) is 0.0833. The number of hydrogen-bond donors (Lipinski definition) is 1. The van der Waals surface area contributed by atoms with Gasteiger partial charge in [-0.05, 0) is 13.3 Å². The maximum Gasteiger partial charge on any atom is 0.0798 e. The van der Waals surface area contributed by atoms with Crippen molar-refractivity contribution in [3.8, 4) is 0 Å². The van der Waals surface area contributed by atoms with Crippen LogP contribution in [0.4, 0.5) is 0 Å². The van der Waals surface area contributed by atoms with E-state index in [1.54, 1.807) is 11.3 Å². The fourth-order valence-corrected chi connectivity index (χ4v) is 1.77. The summed E-state index contributed by atoms with van der Waals surface area (Å²) in [5.41, 5.74) is 8.72. The molecule has 1 aromatic rings. The lowest BCUT2D eigenvalue weighted by Gasteiger charge is -2.05. The molecule has 1 unspecified atom stereocenters. The quantitative estimate of drug-likeness (QED) is 0.701. The zero-order chi connectivity index (χ0) is 8.27. The fraction of sp³-hybridized carbons (Fsp3) is 0.375. The molecular weight excluding hydrogens is 156 g/mol. The lowest BCUT2D eigenvalue weighted by molar-refractivity contribution is 0.749. The molecule has 0 aliphatic rings. The summed E-state index contributed by atoms with van der Waals surface area (Å²) in [6.07, 6.45) is 2.66. The van der Waals surface area contributed by atoms with E-state index in [1.165, 1.54) is 4.88 Å². The lowest BCUT2D eigenvalue weighted by Crippen LogP contribution is -2.08. The standard InChI is InChI=1S/C8H12N2S/c1-3-4-7(9)8-6(2)10-5-11-8/h3,5,7H,1,4,9H2,2H3. The van der Waals surface area contributed by atoms with Gasteiger partial charge in [-0.15, -0.1) is 17.9 Å². The van der Waals surface area contributed by atoms with Gasteiger partial charge in [0.2, 0.25) is 0 Å². The summed E-state index contributed by atoms with van der Waals surface area (Å²) in [6.45, 7) is 5.63. The number of hydrogen-bond acceptors (Lipinski definition) is 3. The van der Waals surface area contributed by atoms with Gasteiger partial charge >= 0.3 is 0 Å². The minimum atomic E-state index is 0.0833. The molecule has 1 aromatic heterocycles. The third-order valence-corrected chi connectivity index (χ3v) is 2.60. The van der Waals surface area contributed by atoms with Crippen LogP contribution in [0.3, 0.4) is 0 Å². The first-order chi connectivity index (χ1) is 5.25. The van der Waals surface area contributed by atoms with Crippen LogP contribution in [0.2, 0.25) is 0 Å². The molecule has 0 radical (unpaired) electrons. The van der Waals surface area contributed by atoms with Gasteiger partial charge in [0, 0.05) is 10.9 Å². The first-order valence-electron chi connectivity index (χ1n) is 3.52. The Labute approximate surface area is 70.8 Å². The van der Waals surface area contributed by atoms with Gasteiger partial charge in [0.1, 0.15) is 0 Å². The number of aryl methyl sites for hydroxylation is 1. The first-order valence-corrected chi connectivity index (χ1v) is 4.40. The number of nitrogens with two attached hydrogens (primary N) is 1. The van der Waals surface area contributed by atoms with Crippen LogP contribution in [-0.2, 0) is 0 Å². The van der Waals surface area contributed by atoms with Crippen LogP contribution in [0.15, 0.2) is 18.2 Å². The molecule has 0 saturated heterocycles. The number of thiazole rings is 1. The maximum absolute atomic E-state index is 5.85. The average Bonchev–Trinajstić information content (AvgIpc) is 2.36. The van der Waals surface area contributed by atoms with Crippen LogP contribution in [0.5, 0.6) is 0 Å². The summed E-state index contributed by atoms with van der Waals surface area (Å²) < 4.78 is 0. The highest BCUT2D eigenvalue weighted by Gasteiger charge is 2.08. The van der Waals surface area contributed by atoms with Crippen LogP contribution >= 0.6 is 11.3 Å². The highest BCUT2D eigenvalue weighted by molar-refractivity contribution is 7.09. The van der Waals surface area contributed by atoms with Gasteiger partial charge in [-0.25, -0.2) is 4.98 Å². The Morgan fingerprint density at radius 3 is 3.09 bits per heavy atom. The molecule has 60 valence electrons. The molecule has 2 N–H and O–H groups in total. The van der Waals surface area contributed by atoms with E-state index in [4.69, 9.17) is 5.73 Å². The molecular formula is C8H12N2S. The topological polar surface area (TPSA) is 38.9 Å². The summed E-state index contributed by atoms with van der Waals surface area (Å²) >= 11 is 1.61. The van der Waals surface area contributed by atoms with Gasteiger partial charge in [0.25, 0.3) is 0 Å². The van der Waals surface area contributed by atoms with E-state index < -0.39 is 0 Å². The zero-order valence-corrected chi connectivity index (χ0v) is 7.40. The molecule has 0 bridgehead atoms. The second-order valence-electron chi connectivity index (χ2n) is 2.43. The monoisotopic (exact) mass is 168 g/mol. The molecule has 3 heteroatoms. The molecule has 1 rings (SSSR count). The van der Waals surface area contributed by atoms with Gasteiger partial charge in [-0.1, -0.05) is 6.08 Å². The molecule has 1 heterocycles. The van der Waals surface area contributed by atoms with Gasteiger partial charge in [-0.3, -0.25) is 0 Å². The number of nitrogens with zero attached hydrogens (tertiary/aromatic N) is 1. The molecule has 0 aliphatic heterocycles. The van der Waals surface area contributed by atoms with Crippen LogP contribution < -0.4 is 5.73 Å². The zero-order valence-electron chi connectivity index (χ0n) is 6.58. The van der Waals surface area contributed by atoms with Crippen molar-refractivity contribution in [2.24, 2.45) is 5.73 Å². The fourth-order valence-electron chi connectivity index (χ4n) is 0.953. The molecule has 11 heavy (non-hydrogen) atoms. The number of rotatable bonds is 3. The highest BCUT2D eigenvalue weighted by Crippen LogP contribution is 2.21. The van der Waals surface area contributed by atoms with Gasteiger partial charge < -0.3 is 5.73 Å². The molecule has 0 aliphatic carbocycles. The van der Waals surface area contributed by atoms with Gasteiger partial charge in [-0.2, -0.15) is 0 Å². The third kappa shape index (κ3) is 1.88. The third-order valence-electron chi connectivity index (χ3n) is 1.54. The van der Waals surface area contributed by atoms with Crippen molar-refractivity contribution in [2.75, 3.05) is 0 Å². The van der Waals surface area contributed by atoms with E-state index in [2.05, 4.69) is 11.6 Å². The van der Waals surface area contributed by atoms with Crippen molar-refractivity contribution < 1.29 is 0 Å². The van der Waals surface area contributed by atoms with Gasteiger partial charge in [0.05, 0.1) is 11.2 Å². The van der Waals surface area contributed by atoms with E-state index in [0.717, 1.165) is 12.1 Å². The molecule has 0 spiro atoms. The van der Waals surface area contributed by atoms with Crippen molar-refractivity contribution in [1.82, 2.24) is 4.98 Å². The minimum Gasteiger partial charge on any atom is -0.323 e. The lowest BCUT2D eigenvalue weighted by atomic mass is 10.1. The Kier molecular flexibility index (Phi) is 2.79. The molecule has 0 saturated carbocycles. The first kappa shape index (κ1) is 8.43. The highest BCUT2D eigenvalue weighted by atomic mass is 32.1. The summed E-state index contributed by atoms with van der Waals surface area (Å²) in [7, 11) is 0. The SMILES string of the molecule is C=CCC(N)c1scnc1C. The molecule has 0 aromatic carbocycles. The van der Waals surface area contributed by atoms with Crippen molar-refractivity contribution in [3.05, 3.63) is 28.7 Å². The predicted molar refractivity (Wildman–Crippen MR) is 48.6 cm³/mol. The molecule has 0 amide bonds. The second kappa shape index (κ2) is 3.64. The van der Waals surface area contributed by atoms with E-state index in [-0.39, 0.29) is 6.04 Å². The second-order valence-corrected chi connectivity index (χ2v) is 3.32. The smallest absolute Gasteiger partial charge is 0.0798 e. The number of aromatic nitrogens is 1. The van der Waals surface area contributed by atoms with E-state index in [0.29, 0.717) is 0 Å². The van der Waals surface area contributed by atoms with Crippen LogP contribution in [0.25, 0.3) is 0 Å². The Bertz CT molecular complexity index is 242. The van der Waals surface area contributed by atoms with E-state index in [1.807, 2.05) is 18.5 Å². The van der Waals surface area contributed by atoms with Crippen molar-refractivity contribution in [3.63, 3.8) is 0 Å². The Morgan fingerprint density at radius 2 is 2.64 bits per heavy atom. The maximum atomic E-state index is 5.85. The van der Waals surface area contributed by atoms with Crippen molar-refractivity contribution in [1.29, 1.82) is 0 Å². The Balaban J connectivity index is 2.74. The molecule has 0 fully saturated rings. The molecule has 1 atom stereocenters. The summed E-state index contributed by atoms with van der Waals surface area (Å²) in [5, 5.41) is 0. The van der Waals surface area contributed by atoms with E-state index >= 15 is 0 Å². The Hall–Kier alpha value is -0.670. The largest absolute Gasteiger partial charge is 0.323 e.